The second kappa shape index (κ2) is 9.99. The van der Waals surface area contributed by atoms with Gasteiger partial charge >= 0.3 is 0 Å². The molecule has 7 nitrogen and oxygen atoms in total. The fraction of sp³-hybridized carbons (Fsp3) is 0.500. The van der Waals surface area contributed by atoms with Crippen LogP contribution in [0.4, 0.5) is 14.5 Å². The molecule has 1 atom stereocenters. The molecule has 0 radical (unpaired) electrons. The number of anilines is 1. The van der Waals surface area contributed by atoms with Gasteiger partial charge in [0.15, 0.2) is 11.8 Å². The number of hydrogen-bond acceptors (Lipinski definition) is 4. The van der Waals surface area contributed by atoms with Gasteiger partial charge in [-0.25, -0.2) is 13.8 Å². The van der Waals surface area contributed by atoms with Crippen molar-refractivity contribution in [3.8, 4) is 0 Å². The molecule has 1 unspecified atom stereocenters. The second-order valence-electron chi connectivity index (χ2n) is 6.59. The Morgan fingerprint density at radius 2 is 2.11 bits per heavy atom. The lowest BCUT2D eigenvalue weighted by atomic mass is 10.2. The fourth-order valence-electron chi connectivity index (χ4n) is 3.09. The monoisotopic (exact) mass is 505 g/mol. The number of halogens is 3. The van der Waals surface area contributed by atoms with E-state index in [1.807, 2.05) is 30.4 Å². The molecule has 0 spiro atoms. The first-order chi connectivity index (χ1) is 13.0. The van der Waals surface area contributed by atoms with Crippen LogP contribution >= 0.6 is 24.0 Å². The van der Waals surface area contributed by atoms with Crippen molar-refractivity contribution in [2.75, 3.05) is 24.5 Å². The lowest BCUT2D eigenvalue weighted by Crippen LogP contribution is -2.44. The average molecular weight is 505 g/mol. The summed E-state index contributed by atoms with van der Waals surface area (Å²) in [6.07, 6.45) is 0.838. The molecule has 10 heteroatoms. The van der Waals surface area contributed by atoms with Crippen molar-refractivity contribution in [1.82, 2.24) is 25.4 Å². The second-order valence-corrected chi connectivity index (χ2v) is 6.59. The lowest BCUT2D eigenvalue weighted by molar-refractivity contribution is 0.580. The summed E-state index contributed by atoms with van der Waals surface area (Å²) >= 11 is 0. The number of aliphatic imine (C=N–C) groups is 1. The number of hydrogen-bond donors (Lipinski definition) is 2. The van der Waals surface area contributed by atoms with E-state index >= 15 is 0 Å². The molecular weight excluding hydrogens is 479 g/mol. The maximum atomic E-state index is 14.0. The molecule has 1 saturated heterocycles. The number of guanidine groups is 1. The Kier molecular flexibility index (Phi) is 7.96. The summed E-state index contributed by atoms with van der Waals surface area (Å²) in [6.45, 7) is 6.35. The Labute approximate surface area is 180 Å². The lowest BCUT2D eigenvalue weighted by Gasteiger charge is -2.21. The number of aromatic nitrogens is 3. The van der Waals surface area contributed by atoms with Gasteiger partial charge in [0.2, 0.25) is 0 Å². The van der Waals surface area contributed by atoms with E-state index in [0.717, 1.165) is 30.7 Å². The van der Waals surface area contributed by atoms with Crippen LogP contribution in [-0.4, -0.2) is 46.4 Å². The van der Waals surface area contributed by atoms with E-state index in [0.29, 0.717) is 31.3 Å². The predicted octanol–water partition coefficient (Wildman–Crippen LogP) is 2.35. The number of aryl methyl sites for hydroxylation is 1. The third-order valence-corrected chi connectivity index (χ3v) is 4.69. The van der Waals surface area contributed by atoms with Crippen molar-refractivity contribution in [3.63, 3.8) is 0 Å². The number of nitrogens with zero attached hydrogens (tertiary/aromatic N) is 5. The maximum Gasteiger partial charge on any atom is 0.191 e. The molecule has 2 heterocycles. The zero-order valence-corrected chi connectivity index (χ0v) is 18.6. The Balaban J connectivity index is 0.00000280. The van der Waals surface area contributed by atoms with Gasteiger partial charge in [0.05, 0.1) is 5.69 Å². The molecule has 0 saturated carbocycles. The van der Waals surface area contributed by atoms with Crippen molar-refractivity contribution in [2.45, 2.75) is 32.9 Å². The molecule has 1 fully saturated rings. The van der Waals surface area contributed by atoms with Crippen molar-refractivity contribution >= 4 is 35.6 Å². The molecule has 1 aromatic heterocycles. The van der Waals surface area contributed by atoms with Crippen LogP contribution in [0.3, 0.4) is 0 Å². The van der Waals surface area contributed by atoms with Gasteiger partial charge in [0, 0.05) is 38.8 Å². The molecule has 1 aliphatic rings. The van der Waals surface area contributed by atoms with Crippen LogP contribution in [0.15, 0.2) is 23.2 Å². The molecule has 1 aromatic carbocycles. The first-order valence-electron chi connectivity index (χ1n) is 9.07. The molecule has 2 N–H and O–H groups in total. The van der Waals surface area contributed by atoms with E-state index in [9.17, 15) is 8.78 Å². The van der Waals surface area contributed by atoms with Crippen molar-refractivity contribution in [1.29, 1.82) is 0 Å². The van der Waals surface area contributed by atoms with Gasteiger partial charge in [-0.15, -0.1) is 34.2 Å². The number of benzene rings is 1. The molecule has 1 aliphatic heterocycles. The maximum absolute atomic E-state index is 14.0. The summed E-state index contributed by atoms with van der Waals surface area (Å²) in [5, 5.41) is 14.8. The minimum atomic E-state index is -0.564. The highest BCUT2D eigenvalue weighted by Gasteiger charge is 2.25. The standard InChI is InChI=1S/C18H25F2N7.HI/c1-4-21-18(22-10-17-25-24-12(2)26(17)3)23-14-7-8-27(11-14)16-6-5-13(19)9-15(16)20;/h5-6,9,14H,4,7-8,10-11H2,1-3H3,(H2,21,22,23);1H. The largest absolute Gasteiger partial charge is 0.367 e. The van der Waals surface area contributed by atoms with E-state index in [1.165, 1.54) is 12.1 Å². The molecule has 2 aromatic rings. The zero-order valence-electron chi connectivity index (χ0n) is 16.2. The van der Waals surface area contributed by atoms with Gasteiger partial charge in [-0.1, -0.05) is 0 Å². The third-order valence-electron chi connectivity index (χ3n) is 4.69. The van der Waals surface area contributed by atoms with Crippen LogP contribution in [0.5, 0.6) is 0 Å². The number of rotatable bonds is 5. The van der Waals surface area contributed by atoms with E-state index in [1.54, 1.807) is 0 Å². The fourth-order valence-corrected chi connectivity index (χ4v) is 3.09. The summed E-state index contributed by atoms with van der Waals surface area (Å²) in [6, 6.07) is 3.81. The molecule has 0 aliphatic carbocycles. The quantitative estimate of drug-likeness (QED) is 0.371. The van der Waals surface area contributed by atoms with Gasteiger partial charge < -0.3 is 20.1 Å². The van der Waals surface area contributed by atoms with Crippen LogP contribution in [-0.2, 0) is 13.6 Å². The Morgan fingerprint density at radius 3 is 2.75 bits per heavy atom. The van der Waals surface area contributed by atoms with Gasteiger partial charge in [-0.3, -0.25) is 0 Å². The molecule has 154 valence electrons. The SMILES string of the molecule is CCNC(=NCc1nnc(C)n1C)NC1CCN(c2ccc(F)cc2F)C1.I. The number of nitrogens with one attached hydrogen (secondary N) is 2. The summed E-state index contributed by atoms with van der Waals surface area (Å²) in [5.74, 6) is 1.21. The highest BCUT2D eigenvalue weighted by atomic mass is 127. The van der Waals surface area contributed by atoms with Crippen LogP contribution in [0.1, 0.15) is 25.0 Å². The van der Waals surface area contributed by atoms with E-state index in [2.05, 4.69) is 25.8 Å². The van der Waals surface area contributed by atoms with E-state index in [4.69, 9.17) is 0 Å². The van der Waals surface area contributed by atoms with E-state index < -0.39 is 11.6 Å². The van der Waals surface area contributed by atoms with Gasteiger partial charge in [0.25, 0.3) is 0 Å². The minimum Gasteiger partial charge on any atom is -0.367 e. The van der Waals surface area contributed by atoms with Crippen molar-refractivity contribution in [2.24, 2.45) is 12.0 Å². The topological polar surface area (TPSA) is 70.4 Å². The van der Waals surface area contributed by atoms with Crippen LogP contribution in [0.25, 0.3) is 0 Å². The molecule has 0 bridgehead atoms. The Morgan fingerprint density at radius 1 is 1.32 bits per heavy atom. The summed E-state index contributed by atoms with van der Waals surface area (Å²) in [7, 11) is 1.91. The highest BCUT2D eigenvalue weighted by Crippen LogP contribution is 2.24. The first-order valence-corrected chi connectivity index (χ1v) is 9.07. The van der Waals surface area contributed by atoms with Crippen LogP contribution in [0, 0.1) is 18.6 Å². The first kappa shape index (κ1) is 22.3. The Hall–Kier alpha value is -1.98. The molecule has 3 rings (SSSR count). The zero-order chi connectivity index (χ0) is 19.4. The van der Waals surface area contributed by atoms with E-state index in [-0.39, 0.29) is 30.0 Å². The highest BCUT2D eigenvalue weighted by molar-refractivity contribution is 14.0. The molecular formula is C18H26F2IN7. The van der Waals surface area contributed by atoms with Crippen LogP contribution < -0.4 is 15.5 Å². The Bertz CT molecular complexity index is 824. The van der Waals surface area contributed by atoms with Crippen LogP contribution in [0.2, 0.25) is 0 Å². The summed E-state index contributed by atoms with van der Waals surface area (Å²) in [5.41, 5.74) is 0.428. The minimum absolute atomic E-state index is 0. The van der Waals surface area contributed by atoms with Gasteiger partial charge in [-0.05, 0) is 32.4 Å². The third kappa shape index (κ3) is 5.30. The average Bonchev–Trinajstić information content (AvgIpc) is 3.21. The molecule has 0 amide bonds. The van der Waals surface area contributed by atoms with Gasteiger partial charge in [0.1, 0.15) is 24.0 Å². The van der Waals surface area contributed by atoms with Crippen molar-refractivity contribution < 1.29 is 8.78 Å². The normalized spacial score (nSPS) is 16.8. The molecule has 28 heavy (non-hydrogen) atoms. The summed E-state index contributed by atoms with van der Waals surface area (Å²) in [4.78, 5) is 6.50. The summed E-state index contributed by atoms with van der Waals surface area (Å²) < 4.78 is 29.0. The smallest absolute Gasteiger partial charge is 0.191 e. The van der Waals surface area contributed by atoms with Gasteiger partial charge in [-0.2, -0.15) is 0 Å². The van der Waals surface area contributed by atoms with Crippen molar-refractivity contribution in [3.05, 3.63) is 41.5 Å². The predicted molar refractivity (Wildman–Crippen MR) is 116 cm³/mol.